The van der Waals surface area contributed by atoms with Crippen molar-refractivity contribution < 1.29 is 22.7 Å². The van der Waals surface area contributed by atoms with Crippen molar-refractivity contribution in [3.8, 4) is 5.75 Å². The highest BCUT2D eigenvalue weighted by molar-refractivity contribution is 14.1. The summed E-state index contributed by atoms with van der Waals surface area (Å²) in [4.78, 5) is 24.0. The van der Waals surface area contributed by atoms with E-state index in [4.69, 9.17) is 4.74 Å². The van der Waals surface area contributed by atoms with Crippen LogP contribution in [0, 0.1) is 3.57 Å². The van der Waals surface area contributed by atoms with Crippen LogP contribution in [0.25, 0.3) is 0 Å². The van der Waals surface area contributed by atoms with Gasteiger partial charge >= 0.3 is 0 Å². The second-order valence-corrected chi connectivity index (χ2v) is 10.1. The Balaban J connectivity index is 1.92. The lowest BCUT2D eigenvalue weighted by molar-refractivity contribution is -0.115. The molecule has 0 bridgehead atoms. The molecule has 0 aliphatic rings. The minimum atomic E-state index is -4.10. The largest absolute Gasteiger partial charge is 0.497 e. The van der Waals surface area contributed by atoms with Crippen LogP contribution < -0.4 is 19.7 Å². The van der Waals surface area contributed by atoms with E-state index in [0.717, 1.165) is 7.88 Å². The van der Waals surface area contributed by atoms with Gasteiger partial charge in [-0.1, -0.05) is 0 Å². The Morgan fingerprint density at radius 1 is 0.879 bits per heavy atom. The van der Waals surface area contributed by atoms with Gasteiger partial charge in [-0.2, -0.15) is 0 Å². The molecule has 0 fully saturated rings. The van der Waals surface area contributed by atoms with Crippen LogP contribution in [0.15, 0.2) is 77.7 Å². The smallest absolute Gasteiger partial charge is 0.264 e. The number of carbonyl (C=O) groups is 2. The van der Waals surface area contributed by atoms with E-state index in [1.807, 2.05) is 12.1 Å². The van der Waals surface area contributed by atoms with Crippen LogP contribution in [-0.2, 0) is 19.6 Å². The average molecular weight is 579 g/mol. The van der Waals surface area contributed by atoms with Crippen LogP contribution in [0.3, 0.4) is 0 Å². The molecule has 0 aromatic heterocycles. The number of carbonyl (C=O) groups excluding carboxylic acids is 2. The van der Waals surface area contributed by atoms with Crippen molar-refractivity contribution in [2.45, 2.75) is 11.8 Å². The predicted molar refractivity (Wildman–Crippen MR) is 136 cm³/mol. The zero-order valence-corrected chi connectivity index (χ0v) is 20.9. The number of nitrogens with zero attached hydrogens (tertiary/aromatic N) is 1. The van der Waals surface area contributed by atoms with Crippen molar-refractivity contribution in [1.82, 2.24) is 0 Å². The summed E-state index contributed by atoms with van der Waals surface area (Å²) in [5.41, 5.74) is 1.33. The molecule has 0 saturated heterocycles. The molecule has 0 heterocycles. The van der Waals surface area contributed by atoms with Crippen molar-refractivity contribution in [1.29, 1.82) is 0 Å². The summed E-state index contributed by atoms with van der Waals surface area (Å²) in [6, 6.07) is 19.3. The predicted octanol–water partition coefficient (Wildman–Crippen LogP) is 4.09. The van der Waals surface area contributed by atoms with Crippen LogP contribution >= 0.6 is 22.6 Å². The van der Waals surface area contributed by atoms with E-state index in [1.54, 1.807) is 36.4 Å². The number of amides is 2. The summed E-state index contributed by atoms with van der Waals surface area (Å²) in [6.07, 6.45) is 0. The van der Waals surface area contributed by atoms with Crippen molar-refractivity contribution in [2.75, 3.05) is 28.6 Å². The topological polar surface area (TPSA) is 105 Å². The van der Waals surface area contributed by atoms with Crippen LogP contribution in [-0.4, -0.2) is 33.9 Å². The molecule has 3 aromatic carbocycles. The van der Waals surface area contributed by atoms with Gasteiger partial charge in [0.05, 0.1) is 17.7 Å². The van der Waals surface area contributed by atoms with Crippen LogP contribution in [0.5, 0.6) is 5.75 Å². The molecule has 0 spiro atoms. The Morgan fingerprint density at radius 2 is 1.42 bits per heavy atom. The maximum Gasteiger partial charge on any atom is 0.264 e. The maximum atomic E-state index is 13.5. The lowest BCUT2D eigenvalue weighted by atomic mass is 10.3. The van der Waals surface area contributed by atoms with Gasteiger partial charge in [-0.15, -0.1) is 0 Å². The molecule has 0 saturated carbocycles. The van der Waals surface area contributed by atoms with Gasteiger partial charge in [-0.05, 0) is 95.4 Å². The average Bonchev–Trinajstić information content (AvgIpc) is 2.79. The van der Waals surface area contributed by atoms with Gasteiger partial charge in [0, 0.05) is 21.9 Å². The molecule has 33 heavy (non-hydrogen) atoms. The highest BCUT2D eigenvalue weighted by atomic mass is 127. The number of benzene rings is 3. The summed E-state index contributed by atoms with van der Waals surface area (Å²) in [6.45, 7) is 0.927. The fourth-order valence-electron chi connectivity index (χ4n) is 2.97. The zero-order chi connectivity index (χ0) is 24.0. The summed E-state index contributed by atoms with van der Waals surface area (Å²) in [7, 11) is -2.59. The monoisotopic (exact) mass is 579 g/mol. The van der Waals surface area contributed by atoms with Crippen LogP contribution in [0.1, 0.15) is 6.92 Å². The Bertz CT molecular complexity index is 1230. The van der Waals surface area contributed by atoms with Gasteiger partial charge in [0.1, 0.15) is 12.3 Å². The zero-order valence-electron chi connectivity index (χ0n) is 17.9. The van der Waals surface area contributed by atoms with Gasteiger partial charge in [0.2, 0.25) is 11.8 Å². The van der Waals surface area contributed by atoms with Crippen molar-refractivity contribution in [3.05, 3.63) is 76.4 Å². The molecule has 3 aromatic rings. The Hall–Kier alpha value is -3.12. The van der Waals surface area contributed by atoms with Gasteiger partial charge in [0.25, 0.3) is 10.0 Å². The molecule has 0 atom stereocenters. The standard InChI is InChI=1S/C23H22IN3O5S/c1-16(28)25-18-7-13-22(14-8-18)33(30,31)27(20-9-11-21(32-2)12-10-20)15-23(29)26-19-5-3-17(24)4-6-19/h3-14H,15H2,1-2H3,(H,25,28)(H,26,29). The lowest BCUT2D eigenvalue weighted by Crippen LogP contribution is -2.38. The van der Waals surface area contributed by atoms with E-state index in [-0.39, 0.29) is 10.8 Å². The lowest BCUT2D eigenvalue weighted by Gasteiger charge is -2.24. The third-order valence-electron chi connectivity index (χ3n) is 4.54. The normalized spacial score (nSPS) is 10.9. The number of methoxy groups -OCH3 is 1. The van der Waals surface area contributed by atoms with Crippen molar-refractivity contribution in [2.24, 2.45) is 0 Å². The van der Waals surface area contributed by atoms with Crippen molar-refractivity contribution >= 4 is 61.5 Å². The highest BCUT2D eigenvalue weighted by Gasteiger charge is 2.27. The first-order chi connectivity index (χ1) is 15.7. The molecule has 0 unspecified atom stereocenters. The first-order valence-corrected chi connectivity index (χ1v) is 12.3. The summed E-state index contributed by atoms with van der Waals surface area (Å²) >= 11 is 2.16. The molecule has 10 heteroatoms. The number of rotatable bonds is 8. The highest BCUT2D eigenvalue weighted by Crippen LogP contribution is 2.27. The quantitative estimate of drug-likeness (QED) is 0.392. The van der Waals surface area contributed by atoms with E-state index < -0.39 is 22.5 Å². The van der Waals surface area contributed by atoms with E-state index in [1.165, 1.54) is 38.3 Å². The molecular weight excluding hydrogens is 557 g/mol. The molecule has 2 N–H and O–H groups in total. The molecule has 0 radical (unpaired) electrons. The number of nitrogens with one attached hydrogen (secondary N) is 2. The third-order valence-corrected chi connectivity index (χ3v) is 7.05. The fourth-order valence-corrected chi connectivity index (χ4v) is 4.75. The molecule has 8 nitrogen and oxygen atoms in total. The van der Waals surface area contributed by atoms with E-state index in [2.05, 4.69) is 33.2 Å². The molecule has 0 aliphatic heterocycles. The Morgan fingerprint density at radius 3 is 1.97 bits per heavy atom. The number of ether oxygens (including phenoxy) is 1. The maximum absolute atomic E-state index is 13.5. The van der Waals surface area contributed by atoms with Gasteiger partial charge in [-0.25, -0.2) is 8.42 Å². The molecule has 3 rings (SSSR count). The van der Waals surface area contributed by atoms with Crippen LogP contribution in [0.4, 0.5) is 17.1 Å². The first kappa shape index (κ1) is 24.5. The number of hydrogen-bond donors (Lipinski definition) is 2. The number of sulfonamides is 1. The molecule has 0 aliphatic carbocycles. The van der Waals surface area contributed by atoms with Crippen LogP contribution in [0.2, 0.25) is 0 Å². The minimum absolute atomic E-state index is 0.0190. The van der Waals surface area contributed by atoms with Crippen molar-refractivity contribution in [3.63, 3.8) is 0 Å². The third kappa shape index (κ3) is 6.45. The second-order valence-electron chi connectivity index (χ2n) is 6.97. The summed E-state index contributed by atoms with van der Waals surface area (Å²) < 4.78 is 34.2. The summed E-state index contributed by atoms with van der Waals surface area (Å²) in [5.74, 6) is -0.206. The summed E-state index contributed by atoms with van der Waals surface area (Å²) in [5, 5.41) is 5.32. The van der Waals surface area contributed by atoms with Gasteiger partial charge < -0.3 is 15.4 Å². The van der Waals surface area contributed by atoms with Gasteiger partial charge in [-0.3, -0.25) is 13.9 Å². The van der Waals surface area contributed by atoms with Gasteiger partial charge in [0.15, 0.2) is 0 Å². The number of halogens is 1. The number of anilines is 3. The Labute approximate surface area is 206 Å². The Kier molecular flexibility index (Phi) is 7.92. The fraction of sp³-hybridized carbons (Fsp3) is 0.130. The van der Waals surface area contributed by atoms with E-state index in [0.29, 0.717) is 22.8 Å². The molecular formula is C23H22IN3O5S. The SMILES string of the molecule is COc1ccc(N(CC(=O)Nc2ccc(I)cc2)S(=O)(=O)c2ccc(NC(C)=O)cc2)cc1. The van der Waals surface area contributed by atoms with E-state index >= 15 is 0 Å². The molecule has 172 valence electrons. The second kappa shape index (κ2) is 10.7. The minimum Gasteiger partial charge on any atom is -0.497 e. The first-order valence-electron chi connectivity index (χ1n) is 9.79. The molecule has 2 amide bonds. The number of hydrogen-bond acceptors (Lipinski definition) is 5. The van der Waals surface area contributed by atoms with E-state index in [9.17, 15) is 18.0 Å².